The fourth-order valence-electron chi connectivity index (χ4n) is 2.62. The van der Waals surface area contributed by atoms with Gasteiger partial charge in [0.25, 0.3) is 0 Å². The summed E-state index contributed by atoms with van der Waals surface area (Å²) in [7, 11) is 0. The summed E-state index contributed by atoms with van der Waals surface area (Å²) in [5.74, 6) is 0.467. The molecule has 0 bridgehead atoms. The van der Waals surface area contributed by atoms with Gasteiger partial charge < -0.3 is 10.2 Å². The van der Waals surface area contributed by atoms with E-state index in [9.17, 15) is 4.39 Å². The predicted octanol–water partition coefficient (Wildman–Crippen LogP) is 2.01. The van der Waals surface area contributed by atoms with Crippen molar-refractivity contribution in [1.82, 2.24) is 24.9 Å². The van der Waals surface area contributed by atoms with Crippen LogP contribution in [0.2, 0.25) is 0 Å². The normalized spacial score (nSPS) is 15.3. The van der Waals surface area contributed by atoms with Crippen LogP contribution < -0.4 is 10.2 Å². The molecule has 0 amide bonds. The number of hydrogen-bond acceptors (Lipinski definition) is 5. The second-order valence-corrected chi connectivity index (χ2v) is 5.81. The molecule has 3 heterocycles. The van der Waals surface area contributed by atoms with Gasteiger partial charge in [-0.2, -0.15) is 0 Å². The summed E-state index contributed by atoms with van der Waals surface area (Å²) < 4.78 is 16.0. The molecule has 6 nitrogen and oxygen atoms in total. The molecule has 2 aromatic heterocycles. The van der Waals surface area contributed by atoms with Crippen LogP contribution in [0.15, 0.2) is 22.9 Å². The molecule has 0 atom stereocenters. The molecule has 0 saturated carbocycles. The number of fused-ring (bicyclic) bond motifs is 3. The van der Waals surface area contributed by atoms with Crippen molar-refractivity contribution in [2.45, 2.75) is 0 Å². The van der Waals surface area contributed by atoms with Crippen LogP contribution in [0.4, 0.5) is 10.2 Å². The summed E-state index contributed by atoms with van der Waals surface area (Å²) in [6, 6.07) is 3.14. The quantitative estimate of drug-likeness (QED) is 0.692. The molecule has 0 spiro atoms. The second kappa shape index (κ2) is 5.94. The third-order valence-electron chi connectivity index (χ3n) is 3.67. The van der Waals surface area contributed by atoms with Gasteiger partial charge in [-0.05, 0) is 22.0 Å². The van der Waals surface area contributed by atoms with Crippen LogP contribution in [0, 0.1) is 5.82 Å². The topological polar surface area (TPSA) is 58.4 Å². The van der Waals surface area contributed by atoms with Crippen LogP contribution in [0.1, 0.15) is 0 Å². The minimum Gasteiger partial charge on any atom is -0.351 e. The van der Waals surface area contributed by atoms with Crippen molar-refractivity contribution in [3.05, 3.63) is 28.7 Å². The van der Waals surface area contributed by atoms with Crippen LogP contribution in [0.25, 0.3) is 16.7 Å². The van der Waals surface area contributed by atoms with E-state index in [2.05, 4.69) is 41.3 Å². The molecular formula is C13H13BrClFN6. The van der Waals surface area contributed by atoms with Gasteiger partial charge in [0.05, 0.1) is 15.5 Å². The average molecular weight is 388 g/mol. The van der Waals surface area contributed by atoms with Crippen molar-refractivity contribution in [2.24, 2.45) is 0 Å². The SMILES string of the molecule is Cl.Fc1cc2c(cc1Br)nc(N1CCNCC1)c1nncn12. The zero-order valence-corrected chi connectivity index (χ0v) is 13.9. The summed E-state index contributed by atoms with van der Waals surface area (Å²) in [5, 5.41) is 11.4. The maximum Gasteiger partial charge on any atom is 0.204 e. The van der Waals surface area contributed by atoms with E-state index in [0.717, 1.165) is 32.0 Å². The van der Waals surface area contributed by atoms with Crippen molar-refractivity contribution < 1.29 is 4.39 Å². The van der Waals surface area contributed by atoms with Gasteiger partial charge in [-0.15, -0.1) is 22.6 Å². The van der Waals surface area contributed by atoms with Crippen LogP contribution in [0.5, 0.6) is 0 Å². The average Bonchev–Trinajstić information content (AvgIpc) is 2.99. The summed E-state index contributed by atoms with van der Waals surface area (Å²) >= 11 is 3.21. The van der Waals surface area contributed by atoms with Crippen LogP contribution in [0.3, 0.4) is 0 Å². The molecular weight excluding hydrogens is 375 g/mol. The lowest BCUT2D eigenvalue weighted by molar-refractivity contribution is 0.586. The Morgan fingerprint density at radius 3 is 2.77 bits per heavy atom. The smallest absolute Gasteiger partial charge is 0.204 e. The highest BCUT2D eigenvalue weighted by Gasteiger charge is 2.19. The van der Waals surface area contributed by atoms with Gasteiger partial charge in [0.1, 0.15) is 12.1 Å². The summed E-state index contributed by atoms with van der Waals surface area (Å²) in [6.45, 7) is 3.55. The van der Waals surface area contributed by atoms with Gasteiger partial charge in [-0.1, -0.05) is 0 Å². The number of rotatable bonds is 1. The van der Waals surface area contributed by atoms with Crippen LogP contribution in [-0.4, -0.2) is 45.8 Å². The van der Waals surface area contributed by atoms with E-state index in [4.69, 9.17) is 0 Å². The summed E-state index contributed by atoms with van der Waals surface area (Å²) in [6.07, 6.45) is 1.60. The fraction of sp³-hybridized carbons (Fsp3) is 0.308. The Morgan fingerprint density at radius 1 is 1.23 bits per heavy atom. The molecule has 3 aromatic rings. The Balaban J connectivity index is 0.00000144. The number of benzene rings is 1. The maximum absolute atomic E-state index is 13.8. The lowest BCUT2D eigenvalue weighted by Gasteiger charge is -2.28. The first-order valence-corrected chi connectivity index (χ1v) is 7.47. The summed E-state index contributed by atoms with van der Waals surface area (Å²) in [5.41, 5.74) is 2.03. The minimum absolute atomic E-state index is 0. The molecule has 1 N–H and O–H groups in total. The Kier molecular flexibility index (Phi) is 4.16. The molecule has 1 saturated heterocycles. The van der Waals surface area contributed by atoms with E-state index >= 15 is 0 Å². The minimum atomic E-state index is -0.325. The van der Waals surface area contributed by atoms with Gasteiger partial charge in [-0.3, -0.25) is 4.40 Å². The number of hydrogen-bond donors (Lipinski definition) is 1. The Morgan fingerprint density at radius 2 is 2.00 bits per heavy atom. The van der Waals surface area contributed by atoms with E-state index in [-0.39, 0.29) is 18.2 Å². The maximum atomic E-state index is 13.8. The Bertz CT molecular complexity index is 832. The third-order valence-corrected chi connectivity index (χ3v) is 4.28. The molecule has 1 aromatic carbocycles. The van der Waals surface area contributed by atoms with Crippen molar-refractivity contribution in [1.29, 1.82) is 0 Å². The lowest BCUT2D eigenvalue weighted by atomic mass is 10.2. The molecule has 1 aliphatic rings. The molecule has 116 valence electrons. The molecule has 1 fully saturated rings. The zero-order valence-electron chi connectivity index (χ0n) is 11.5. The molecule has 22 heavy (non-hydrogen) atoms. The Hall–Kier alpha value is -1.51. The lowest BCUT2D eigenvalue weighted by Crippen LogP contribution is -2.44. The van der Waals surface area contributed by atoms with Gasteiger partial charge in [-0.25, -0.2) is 9.37 Å². The fourth-order valence-corrected chi connectivity index (χ4v) is 2.96. The van der Waals surface area contributed by atoms with E-state index in [0.29, 0.717) is 21.2 Å². The van der Waals surface area contributed by atoms with Crippen molar-refractivity contribution in [2.75, 3.05) is 31.1 Å². The number of nitrogens with zero attached hydrogens (tertiary/aromatic N) is 5. The number of aromatic nitrogens is 4. The Labute approximate surface area is 140 Å². The molecule has 0 unspecified atom stereocenters. The highest BCUT2D eigenvalue weighted by molar-refractivity contribution is 9.10. The number of nitrogens with one attached hydrogen (secondary N) is 1. The van der Waals surface area contributed by atoms with E-state index < -0.39 is 0 Å². The largest absolute Gasteiger partial charge is 0.351 e. The molecule has 1 aliphatic heterocycles. The van der Waals surface area contributed by atoms with Gasteiger partial charge in [0.15, 0.2) is 5.82 Å². The van der Waals surface area contributed by atoms with Crippen LogP contribution in [-0.2, 0) is 0 Å². The monoisotopic (exact) mass is 386 g/mol. The second-order valence-electron chi connectivity index (χ2n) is 4.95. The first kappa shape index (κ1) is 15.4. The van der Waals surface area contributed by atoms with Crippen molar-refractivity contribution >= 4 is 50.8 Å². The van der Waals surface area contributed by atoms with Gasteiger partial charge in [0, 0.05) is 32.2 Å². The number of anilines is 1. The van der Waals surface area contributed by atoms with E-state index in [1.807, 2.05) is 0 Å². The molecule has 9 heteroatoms. The van der Waals surface area contributed by atoms with Crippen LogP contribution >= 0.6 is 28.3 Å². The van der Waals surface area contributed by atoms with Gasteiger partial charge >= 0.3 is 0 Å². The summed E-state index contributed by atoms with van der Waals surface area (Å²) in [4.78, 5) is 6.86. The third kappa shape index (κ3) is 2.41. The highest BCUT2D eigenvalue weighted by Crippen LogP contribution is 2.27. The molecule has 0 radical (unpaired) electrons. The predicted molar refractivity (Wildman–Crippen MR) is 88.3 cm³/mol. The van der Waals surface area contributed by atoms with Crippen molar-refractivity contribution in [3.63, 3.8) is 0 Å². The van der Waals surface area contributed by atoms with Gasteiger partial charge in [0.2, 0.25) is 5.65 Å². The number of piperazine rings is 1. The molecule has 0 aliphatic carbocycles. The standard InChI is InChI=1S/C13H12BrFN6.ClH/c14-8-5-10-11(6-9(8)15)21-7-17-19-13(21)12(18-10)20-3-1-16-2-4-20;/h5-7,16H,1-4H2;1H. The highest BCUT2D eigenvalue weighted by atomic mass is 79.9. The number of halogens is 3. The first-order valence-electron chi connectivity index (χ1n) is 6.68. The molecule has 4 rings (SSSR count). The van der Waals surface area contributed by atoms with E-state index in [1.165, 1.54) is 6.07 Å². The van der Waals surface area contributed by atoms with Crippen molar-refractivity contribution in [3.8, 4) is 0 Å². The van der Waals surface area contributed by atoms with E-state index in [1.54, 1.807) is 16.8 Å². The zero-order chi connectivity index (χ0) is 14.4. The first-order chi connectivity index (χ1) is 10.2.